The van der Waals surface area contributed by atoms with E-state index in [-0.39, 0.29) is 5.75 Å². The molecule has 0 bridgehead atoms. The normalized spacial score (nSPS) is 10.5. The van der Waals surface area contributed by atoms with Gasteiger partial charge < -0.3 is 9.84 Å². The molecule has 0 fully saturated rings. The first-order valence-electron chi connectivity index (χ1n) is 5.37. The van der Waals surface area contributed by atoms with Crippen molar-refractivity contribution >= 4 is 45.8 Å². The first-order valence-corrected chi connectivity index (χ1v) is 7.21. The molecule has 0 amide bonds. The quantitative estimate of drug-likeness (QED) is 0.609. The summed E-state index contributed by atoms with van der Waals surface area (Å²) in [6, 6.07) is 4.84. The molecule has 100 valence electrons. The standard InChI is InChI=1S/C12H9Cl2IN2O2/c1-2-19-8-5-6(3-4-7(8)18)12-16-10(13)9(15)11(14)17-12/h3-5,18H,2H2,1H3. The molecule has 2 rings (SSSR count). The molecule has 1 heterocycles. The van der Waals surface area contributed by atoms with Crippen molar-refractivity contribution in [3.8, 4) is 22.9 Å². The number of ether oxygens (including phenoxy) is 1. The fourth-order valence-electron chi connectivity index (χ4n) is 1.45. The van der Waals surface area contributed by atoms with Crippen LogP contribution in [0.4, 0.5) is 0 Å². The highest BCUT2D eigenvalue weighted by Crippen LogP contribution is 2.32. The lowest BCUT2D eigenvalue weighted by Gasteiger charge is -2.08. The minimum Gasteiger partial charge on any atom is -0.504 e. The largest absolute Gasteiger partial charge is 0.504 e. The summed E-state index contributed by atoms with van der Waals surface area (Å²) in [5.41, 5.74) is 0.668. The van der Waals surface area contributed by atoms with E-state index in [0.29, 0.717) is 37.6 Å². The van der Waals surface area contributed by atoms with E-state index in [1.807, 2.05) is 29.5 Å². The zero-order chi connectivity index (χ0) is 14.0. The summed E-state index contributed by atoms with van der Waals surface area (Å²) in [5, 5.41) is 10.2. The summed E-state index contributed by atoms with van der Waals surface area (Å²) in [6.07, 6.45) is 0. The summed E-state index contributed by atoms with van der Waals surface area (Å²) in [4.78, 5) is 8.32. The van der Waals surface area contributed by atoms with Gasteiger partial charge in [0, 0.05) is 5.56 Å². The molecule has 0 unspecified atom stereocenters. The lowest BCUT2D eigenvalue weighted by molar-refractivity contribution is 0.318. The molecule has 0 aliphatic carbocycles. The highest BCUT2D eigenvalue weighted by atomic mass is 127. The Morgan fingerprint density at radius 2 is 1.89 bits per heavy atom. The van der Waals surface area contributed by atoms with Crippen molar-refractivity contribution in [1.29, 1.82) is 0 Å². The summed E-state index contributed by atoms with van der Waals surface area (Å²) < 4.78 is 5.92. The highest BCUT2D eigenvalue weighted by molar-refractivity contribution is 14.1. The van der Waals surface area contributed by atoms with Crippen LogP contribution in [0.5, 0.6) is 11.5 Å². The first kappa shape index (κ1) is 14.6. The van der Waals surface area contributed by atoms with Crippen molar-refractivity contribution in [3.05, 3.63) is 32.1 Å². The molecule has 0 spiro atoms. The number of halogens is 3. The second kappa shape index (κ2) is 6.11. The summed E-state index contributed by atoms with van der Waals surface area (Å²) in [7, 11) is 0. The van der Waals surface area contributed by atoms with Gasteiger partial charge in [0.15, 0.2) is 17.3 Å². The smallest absolute Gasteiger partial charge is 0.162 e. The van der Waals surface area contributed by atoms with Crippen molar-refractivity contribution in [2.24, 2.45) is 0 Å². The second-order valence-electron chi connectivity index (χ2n) is 3.56. The summed E-state index contributed by atoms with van der Waals surface area (Å²) >= 11 is 13.9. The van der Waals surface area contributed by atoms with Gasteiger partial charge in [0.2, 0.25) is 0 Å². The van der Waals surface area contributed by atoms with Gasteiger partial charge >= 0.3 is 0 Å². The van der Waals surface area contributed by atoms with Crippen LogP contribution in [0, 0.1) is 3.57 Å². The van der Waals surface area contributed by atoms with Crippen LogP contribution in [0.25, 0.3) is 11.4 Å². The minimum absolute atomic E-state index is 0.0632. The fourth-order valence-corrected chi connectivity index (χ4v) is 2.08. The van der Waals surface area contributed by atoms with Crippen LogP contribution in [-0.2, 0) is 0 Å². The van der Waals surface area contributed by atoms with E-state index in [0.717, 1.165) is 0 Å². The number of phenols is 1. The molecule has 4 nitrogen and oxygen atoms in total. The van der Waals surface area contributed by atoms with Gasteiger partial charge in [-0.05, 0) is 47.7 Å². The van der Waals surface area contributed by atoms with Crippen LogP contribution in [0.1, 0.15) is 6.92 Å². The fraction of sp³-hybridized carbons (Fsp3) is 0.167. The molecule has 1 N–H and O–H groups in total. The Bertz CT molecular complexity index is 600. The summed E-state index contributed by atoms with van der Waals surface area (Å²) in [5.74, 6) is 0.819. The maximum atomic E-state index is 9.65. The van der Waals surface area contributed by atoms with E-state index in [1.165, 1.54) is 6.07 Å². The van der Waals surface area contributed by atoms with Gasteiger partial charge in [-0.3, -0.25) is 0 Å². The number of nitrogens with zero attached hydrogens (tertiary/aromatic N) is 2. The Hall–Kier alpha value is -0.790. The Labute approximate surface area is 133 Å². The number of hydrogen-bond acceptors (Lipinski definition) is 4. The average molecular weight is 411 g/mol. The molecule has 0 aliphatic heterocycles. The van der Waals surface area contributed by atoms with E-state index >= 15 is 0 Å². The minimum atomic E-state index is 0.0632. The summed E-state index contributed by atoms with van der Waals surface area (Å²) in [6.45, 7) is 2.29. The maximum Gasteiger partial charge on any atom is 0.162 e. The molecule has 19 heavy (non-hydrogen) atoms. The number of aromatic nitrogens is 2. The van der Waals surface area contributed by atoms with E-state index < -0.39 is 0 Å². The molecule has 7 heteroatoms. The van der Waals surface area contributed by atoms with Crippen molar-refractivity contribution in [2.45, 2.75) is 6.92 Å². The second-order valence-corrected chi connectivity index (χ2v) is 5.35. The predicted octanol–water partition coefficient (Wildman–Crippen LogP) is 4.16. The van der Waals surface area contributed by atoms with Crippen LogP contribution in [0.2, 0.25) is 10.3 Å². The van der Waals surface area contributed by atoms with Crippen LogP contribution in [0.15, 0.2) is 18.2 Å². The van der Waals surface area contributed by atoms with E-state index in [1.54, 1.807) is 12.1 Å². The molecular weight excluding hydrogens is 402 g/mol. The third kappa shape index (κ3) is 3.21. The highest BCUT2D eigenvalue weighted by Gasteiger charge is 2.12. The molecule has 0 saturated heterocycles. The molecule has 2 aromatic rings. The van der Waals surface area contributed by atoms with Crippen LogP contribution in [0.3, 0.4) is 0 Å². The van der Waals surface area contributed by atoms with Gasteiger partial charge in [0.1, 0.15) is 10.3 Å². The Balaban J connectivity index is 2.50. The molecule has 0 saturated carbocycles. The van der Waals surface area contributed by atoms with Gasteiger partial charge in [-0.1, -0.05) is 23.2 Å². The number of rotatable bonds is 3. The monoisotopic (exact) mass is 410 g/mol. The van der Waals surface area contributed by atoms with Gasteiger partial charge in [-0.2, -0.15) is 0 Å². The van der Waals surface area contributed by atoms with E-state index in [2.05, 4.69) is 9.97 Å². The lowest BCUT2D eigenvalue weighted by Crippen LogP contribution is -1.96. The maximum absolute atomic E-state index is 9.65. The number of aromatic hydroxyl groups is 1. The lowest BCUT2D eigenvalue weighted by atomic mass is 10.2. The Morgan fingerprint density at radius 1 is 1.26 bits per heavy atom. The van der Waals surface area contributed by atoms with E-state index in [9.17, 15) is 5.11 Å². The van der Waals surface area contributed by atoms with Gasteiger partial charge in [-0.25, -0.2) is 9.97 Å². The SMILES string of the molecule is CCOc1cc(-c2nc(Cl)c(I)c(Cl)n2)ccc1O. The molecular formula is C12H9Cl2IN2O2. The molecule has 0 radical (unpaired) electrons. The average Bonchev–Trinajstić information content (AvgIpc) is 2.38. The third-order valence-electron chi connectivity index (χ3n) is 2.29. The Morgan fingerprint density at radius 3 is 2.47 bits per heavy atom. The first-order chi connectivity index (χ1) is 9.02. The van der Waals surface area contributed by atoms with Crippen molar-refractivity contribution in [1.82, 2.24) is 9.97 Å². The van der Waals surface area contributed by atoms with Crippen molar-refractivity contribution < 1.29 is 9.84 Å². The molecule has 1 aromatic heterocycles. The van der Waals surface area contributed by atoms with Crippen molar-refractivity contribution in [2.75, 3.05) is 6.61 Å². The zero-order valence-corrected chi connectivity index (χ0v) is 13.5. The Kier molecular flexibility index (Phi) is 4.70. The number of phenolic OH excluding ortho intramolecular Hbond substituents is 1. The van der Waals surface area contributed by atoms with E-state index in [4.69, 9.17) is 27.9 Å². The number of benzene rings is 1. The molecule has 0 atom stereocenters. The van der Waals surface area contributed by atoms with Crippen LogP contribution < -0.4 is 4.74 Å². The number of hydrogen-bond donors (Lipinski definition) is 1. The van der Waals surface area contributed by atoms with Crippen molar-refractivity contribution in [3.63, 3.8) is 0 Å². The molecule has 0 aliphatic rings. The topological polar surface area (TPSA) is 55.2 Å². The van der Waals surface area contributed by atoms with Gasteiger partial charge in [0.25, 0.3) is 0 Å². The predicted molar refractivity (Wildman–Crippen MR) is 83.0 cm³/mol. The van der Waals surface area contributed by atoms with Gasteiger partial charge in [0.05, 0.1) is 10.2 Å². The zero-order valence-electron chi connectivity index (χ0n) is 9.82. The van der Waals surface area contributed by atoms with Gasteiger partial charge in [-0.15, -0.1) is 0 Å². The van der Waals surface area contributed by atoms with Crippen LogP contribution in [-0.4, -0.2) is 21.7 Å². The molecule has 1 aromatic carbocycles. The third-order valence-corrected chi connectivity index (χ3v) is 4.49. The van der Waals surface area contributed by atoms with Crippen LogP contribution >= 0.6 is 45.8 Å².